The minimum atomic E-state index is -0.715. The summed E-state index contributed by atoms with van der Waals surface area (Å²) in [7, 11) is 3.08. The molecule has 0 aliphatic rings. The van der Waals surface area contributed by atoms with E-state index in [1.54, 1.807) is 21.1 Å². The third-order valence-electron chi connectivity index (χ3n) is 1.72. The fourth-order valence-corrected chi connectivity index (χ4v) is 0.713. The number of rotatable bonds is 5. The van der Waals surface area contributed by atoms with Gasteiger partial charge < -0.3 is 14.6 Å². The molecule has 1 N–H and O–H groups in total. The molecule has 0 spiro atoms. The van der Waals surface area contributed by atoms with E-state index in [9.17, 15) is 5.11 Å². The van der Waals surface area contributed by atoms with Crippen molar-refractivity contribution in [1.82, 2.24) is 0 Å². The molecule has 1 unspecified atom stereocenters. The second kappa shape index (κ2) is 4.49. The summed E-state index contributed by atoms with van der Waals surface area (Å²) in [6.45, 7) is 5.22. The van der Waals surface area contributed by atoms with E-state index in [-0.39, 0.29) is 0 Å². The van der Waals surface area contributed by atoms with Crippen molar-refractivity contribution < 1.29 is 14.6 Å². The maximum Gasteiger partial charge on any atom is 0.167 e. The van der Waals surface area contributed by atoms with Crippen LogP contribution < -0.4 is 0 Å². The predicted octanol–water partition coefficient (Wildman–Crippen LogP) is 0.932. The summed E-state index contributed by atoms with van der Waals surface area (Å²) in [5, 5.41) is 9.18. The minimum Gasteiger partial charge on any atom is -0.389 e. The average Bonchev–Trinajstić information content (AvgIpc) is 2.04. The SMILES string of the molecule is C=CC(O)CC(C)(OC)OC. The van der Waals surface area contributed by atoms with Gasteiger partial charge in [-0.15, -0.1) is 6.58 Å². The summed E-state index contributed by atoms with van der Waals surface area (Å²) in [5.74, 6) is -0.715. The molecule has 0 fully saturated rings. The summed E-state index contributed by atoms with van der Waals surface area (Å²) in [6.07, 6.45) is 1.26. The van der Waals surface area contributed by atoms with Gasteiger partial charge in [-0.2, -0.15) is 0 Å². The number of hydrogen-bond donors (Lipinski definition) is 1. The Balaban J connectivity index is 3.95. The number of ether oxygens (including phenoxy) is 2. The Hall–Kier alpha value is -0.380. The molecule has 0 aromatic carbocycles. The maximum atomic E-state index is 9.18. The second-order valence-electron chi connectivity index (χ2n) is 2.55. The van der Waals surface area contributed by atoms with Crippen LogP contribution >= 0.6 is 0 Å². The van der Waals surface area contributed by atoms with Crippen molar-refractivity contribution in [2.75, 3.05) is 14.2 Å². The van der Waals surface area contributed by atoms with Crippen LogP contribution in [0.5, 0.6) is 0 Å². The molecule has 0 aliphatic carbocycles. The van der Waals surface area contributed by atoms with Gasteiger partial charge in [-0.3, -0.25) is 0 Å². The van der Waals surface area contributed by atoms with Crippen LogP contribution in [0, 0.1) is 0 Å². The lowest BCUT2D eigenvalue weighted by Gasteiger charge is -2.27. The van der Waals surface area contributed by atoms with Gasteiger partial charge in [0.25, 0.3) is 0 Å². The van der Waals surface area contributed by atoms with Crippen LogP contribution in [-0.2, 0) is 9.47 Å². The molecule has 0 bridgehead atoms. The summed E-state index contributed by atoms with van der Waals surface area (Å²) < 4.78 is 10.1. The van der Waals surface area contributed by atoms with Crippen LogP contribution in [0.4, 0.5) is 0 Å². The first-order valence-electron chi connectivity index (χ1n) is 3.49. The highest BCUT2D eigenvalue weighted by Crippen LogP contribution is 2.17. The number of hydrogen-bond acceptors (Lipinski definition) is 3. The Morgan fingerprint density at radius 1 is 1.55 bits per heavy atom. The van der Waals surface area contributed by atoms with Crippen LogP contribution in [0.15, 0.2) is 12.7 Å². The van der Waals surface area contributed by atoms with Gasteiger partial charge in [0.15, 0.2) is 5.79 Å². The number of methoxy groups -OCH3 is 2. The molecule has 1 atom stereocenters. The highest BCUT2D eigenvalue weighted by molar-refractivity contribution is 4.82. The van der Waals surface area contributed by atoms with Crippen molar-refractivity contribution in [3.8, 4) is 0 Å². The summed E-state index contributed by atoms with van der Waals surface area (Å²) in [5.41, 5.74) is 0. The van der Waals surface area contributed by atoms with Gasteiger partial charge in [0.05, 0.1) is 6.10 Å². The zero-order chi connectivity index (χ0) is 8.91. The van der Waals surface area contributed by atoms with Crippen LogP contribution in [0.1, 0.15) is 13.3 Å². The maximum absolute atomic E-state index is 9.18. The molecule has 0 aromatic heterocycles. The molecule has 0 aliphatic heterocycles. The first-order chi connectivity index (χ1) is 5.08. The van der Waals surface area contributed by atoms with E-state index < -0.39 is 11.9 Å². The van der Waals surface area contributed by atoms with Crippen molar-refractivity contribution in [3.05, 3.63) is 12.7 Å². The summed E-state index contributed by atoms with van der Waals surface area (Å²) in [6, 6.07) is 0. The van der Waals surface area contributed by atoms with Gasteiger partial charge in [0.2, 0.25) is 0 Å². The fourth-order valence-electron chi connectivity index (χ4n) is 0.713. The summed E-state index contributed by atoms with van der Waals surface area (Å²) in [4.78, 5) is 0. The van der Waals surface area contributed by atoms with Gasteiger partial charge in [-0.1, -0.05) is 6.08 Å². The Kier molecular flexibility index (Phi) is 4.33. The van der Waals surface area contributed by atoms with Crippen molar-refractivity contribution >= 4 is 0 Å². The molecule has 0 heterocycles. The van der Waals surface area contributed by atoms with Gasteiger partial charge >= 0.3 is 0 Å². The largest absolute Gasteiger partial charge is 0.389 e. The van der Waals surface area contributed by atoms with E-state index in [0.717, 1.165) is 0 Å². The first-order valence-corrected chi connectivity index (χ1v) is 3.49. The Morgan fingerprint density at radius 3 is 2.27 bits per heavy atom. The van der Waals surface area contributed by atoms with Crippen molar-refractivity contribution in [3.63, 3.8) is 0 Å². The lowest BCUT2D eigenvalue weighted by atomic mass is 10.1. The summed E-state index contributed by atoms with van der Waals surface area (Å²) >= 11 is 0. The van der Waals surface area contributed by atoms with E-state index >= 15 is 0 Å². The number of aliphatic hydroxyl groups is 1. The van der Waals surface area contributed by atoms with Crippen molar-refractivity contribution in [2.45, 2.75) is 25.2 Å². The molecule has 0 aromatic rings. The van der Waals surface area contributed by atoms with Crippen LogP contribution in [0.25, 0.3) is 0 Å². The molecule has 0 saturated carbocycles. The molecule has 3 nitrogen and oxygen atoms in total. The molecule has 3 heteroatoms. The zero-order valence-corrected chi connectivity index (χ0v) is 7.33. The Bertz CT molecular complexity index is 119. The van der Waals surface area contributed by atoms with Crippen molar-refractivity contribution in [1.29, 1.82) is 0 Å². The molecule has 0 radical (unpaired) electrons. The quantitative estimate of drug-likeness (QED) is 0.480. The normalized spacial score (nSPS) is 14.5. The minimum absolute atomic E-state index is 0.392. The topological polar surface area (TPSA) is 38.7 Å². The molecule has 0 amide bonds. The lowest BCUT2D eigenvalue weighted by molar-refractivity contribution is -0.205. The van der Waals surface area contributed by atoms with E-state index in [0.29, 0.717) is 6.42 Å². The van der Waals surface area contributed by atoms with Crippen LogP contribution in [-0.4, -0.2) is 31.2 Å². The van der Waals surface area contributed by atoms with Crippen molar-refractivity contribution in [2.24, 2.45) is 0 Å². The molecule has 11 heavy (non-hydrogen) atoms. The average molecular weight is 160 g/mol. The Labute approximate surface area is 67.6 Å². The molecule has 0 rings (SSSR count). The van der Waals surface area contributed by atoms with Crippen LogP contribution in [0.3, 0.4) is 0 Å². The monoisotopic (exact) mass is 160 g/mol. The third-order valence-corrected chi connectivity index (χ3v) is 1.72. The second-order valence-corrected chi connectivity index (χ2v) is 2.55. The van der Waals surface area contributed by atoms with E-state index in [1.165, 1.54) is 6.08 Å². The highest BCUT2D eigenvalue weighted by Gasteiger charge is 2.24. The Morgan fingerprint density at radius 2 is 2.00 bits per heavy atom. The third kappa shape index (κ3) is 3.51. The smallest absolute Gasteiger partial charge is 0.167 e. The molecule has 66 valence electrons. The predicted molar refractivity (Wildman–Crippen MR) is 43.2 cm³/mol. The van der Waals surface area contributed by atoms with E-state index in [4.69, 9.17) is 9.47 Å². The highest BCUT2D eigenvalue weighted by atomic mass is 16.7. The van der Waals surface area contributed by atoms with Gasteiger partial charge in [0, 0.05) is 20.6 Å². The van der Waals surface area contributed by atoms with E-state index in [1.807, 2.05) is 0 Å². The zero-order valence-electron chi connectivity index (χ0n) is 7.33. The fraction of sp³-hybridized carbons (Fsp3) is 0.750. The first kappa shape index (κ1) is 10.6. The van der Waals surface area contributed by atoms with Crippen LogP contribution in [0.2, 0.25) is 0 Å². The standard InChI is InChI=1S/C8H16O3/c1-5-7(9)6-8(2,10-3)11-4/h5,7,9H,1,6H2,2-4H3. The lowest BCUT2D eigenvalue weighted by Crippen LogP contribution is -2.33. The molecule has 0 saturated heterocycles. The molecular weight excluding hydrogens is 144 g/mol. The van der Waals surface area contributed by atoms with Gasteiger partial charge in [-0.05, 0) is 6.92 Å². The van der Waals surface area contributed by atoms with Gasteiger partial charge in [0.1, 0.15) is 0 Å². The van der Waals surface area contributed by atoms with E-state index in [2.05, 4.69) is 6.58 Å². The number of aliphatic hydroxyl groups excluding tert-OH is 1. The molecular formula is C8H16O3. The van der Waals surface area contributed by atoms with Gasteiger partial charge in [-0.25, -0.2) is 0 Å².